The van der Waals surface area contributed by atoms with Gasteiger partial charge in [-0.1, -0.05) is 79.1 Å². The second-order valence-corrected chi connectivity index (χ2v) is 19.1. The van der Waals surface area contributed by atoms with Gasteiger partial charge in [-0.2, -0.15) is 11.3 Å². The standard InChI is InChI=1S/C27H21FNS.C15H18NSi.Ir/c1-16-14-23-21-10-7-11-22(24-15-20(18(3)28)12-13-29-24)27(21)30-26(23)17(2)25(16)19-8-5-4-6-9-19;1-12-10-14(13-8-6-5-7-9-13)16-11-15(12)17(2,3)4;/h4-10,12-15,18H,1-3H3;5-8,10-11H,1-4H3;/q2*-1;/i18D;;. The van der Waals surface area contributed by atoms with Crippen LogP contribution in [0.3, 0.4) is 0 Å². The van der Waals surface area contributed by atoms with Gasteiger partial charge in [-0.05, 0) is 88.2 Å². The maximum Gasteiger partial charge on any atom is 0.122 e. The molecule has 6 heteroatoms. The molecule has 0 bridgehead atoms. The van der Waals surface area contributed by atoms with E-state index in [0.717, 1.165) is 26.9 Å². The zero-order valence-electron chi connectivity index (χ0n) is 29.3. The van der Waals surface area contributed by atoms with Crippen molar-refractivity contribution in [3.05, 3.63) is 138 Å². The van der Waals surface area contributed by atoms with Crippen LogP contribution in [0.25, 0.3) is 53.8 Å². The van der Waals surface area contributed by atoms with Crippen molar-refractivity contribution in [3.8, 4) is 33.6 Å². The van der Waals surface area contributed by atoms with E-state index >= 15 is 0 Å². The van der Waals surface area contributed by atoms with Crippen LogP contribution in [0.2, 0.25) is 19.6 Å². The second kappa shape index (κ2) is 14.8. The first-order chi connectivity index (χ1) is 22.8. The fourth-order valence-corrected chi connectivity index (χ4v) is 9.26. The van der Waals surface area contributed by atoms with Gasteiger partial charge in [-0.3, -0.25) is 0 Å². The van der Waals surface area contributed by atoms with Crippen molar-refractivity contribution in [3.63, 3.8) is 0 Å². The summed E-state index contributed by atoms with van der Waals surface area (Å²) >= 11 is 1.73. The number of fused-ring (bicyclic) bond motifs is 3. The molecular formula is C42H39FIrN2SSi-2. The number of alkyl halides is 1. The molecule has 0 spiro atoms. The number of aryl methyl sites for hydroxylation is 3. The summed E-state index contributed by atoms with van der Waals surface area (Å²) in [6.07, 6.45) is 1.46. The van der Waals surface area contributed by atoms with Crippen molar-refractivity contribution in [2.45, 2.75) is 53.5 Å². The van der Waals surface area contributed by atoms with Crippen molar-refractivity contribution in [2.75, 3.05) is 0 Å². The Kier molecular flexibility index (Phi) is 10.5. The average Bonchev–Trinajstić information content (AvgIpc) is 3.44. The van der Waals surface area contributed by atoms with Crippen molar-refractivity contribution in [1.29, 1.82) is 0 Å². The van der Waals surface area contributed by atoms with Gasteiger partial charge in [0.05, 0.1) is 9.44 Å². The average molecular weight is 844 g/mol. The summed E-state index contributed by atoms with van der Waals surface area (Å²) in [5.41, 5.74) is 10.2. The molecule has 48 heavy (non-hydrogen) atoms. The molecule has 3 heterocycles. The normalized spacial score (nSPS) is 12.9. The molecule has 0 aliphatic heterocycles. The van der Waals surface area contributed by atoms with Gasteiger partial charge in [0, 0.05) is 37.2 Å². The van der Waals surface area contributed by atoms with E-state index in [4.69, 9.17) is 1.37 Å². The van der Waals surface area contributed by atoms with Gasteiger partial charge >= 0.3 is 0 Å². The van der Waals surface area contributed by atoms with Gasteiger partial charge < -0.3 is 9.97 Å². The largest absolute Gasteiger partial charge is 0.305 e. The summed E-state index contributed by atoms with van der Waals surface area (Å²) in [5, 5.41) is 3.81. The molecule has 1 unspecified atom stereocenters. The van der Waals surface area contributed by atoms with E-state index in [1.807, 2.05) is 30.3 Å². The topological polar surface area (TPSA) is 25.8 Å². The SMILES string of the molecule is Cc1cc(-c2[c-]cccc2)ncc1[Si](C)(C)C.[2H]C(C)(F)c1ccnc(-c2[c-]ccc3c2sc2c(C)c(-c4ccccc4)c(C)cc23)c1.[Ir]. The number of rotatable bonds is 5. The molecule has 1 atom stereocenters. The third-order valence-electron chi connectivity index (χ3n) is 8.54. The second-order valence-electron chi connectivity index (χ2n) is 13.0. The zero-order chi connectivity index (χ0) is 34.2. The van der Waals surface area contributed by atoms with Crippen LogP contribution in [-0.4, -0.2) is 18.0 Å². The summed E-state index contributed by atoms with van der Waals surface area (Å²) in [6, 6.07) is 36.6. The number of thiophene rings is 1. The van der Waals surface area contributed by atoms with Crippen LogP contribution in [0.1, 0.15) is 36.7 Å². The molecule has 0 fully saturated rings. The van der Waals surface area contributed by atoms with Gasteiger partial charge in [-0.25, -0.2) is 4.39 Å². The van der Waals surface area contributed by atoms with Gasteiger partial charge in [-0.15, -0.1) is 59.7 Å². The minimum atomic E-state index is -2.16. The maximum atomic E-state index is 14.2. The molecule has 7 aromatic rings. The molecule has 0 aliphatic rings. The summed E-state index contributed by atoms with van der Waals surface area (Å²) in [5.74, 6) is 0. The molecule has 1 radical (unpaired) electrons. The van der Waals surface area contributed by atoms with E-state index in [1.54, 1.807) is 29.7 Å². The number of aromatic nitrogens is 2. The number of pyridine rings is 2. The molecule has 4 aromatic carbocycles. The predicted octanol–water partition coefficient (Wildman–Crippen LogP) is 11.6. The number of hydrogen-bond acceptors (Lipinski definition) is 3. The molecule has 245 valence electrons. The van der Waals surface area contributed by atoms with Crippen molar-refractivity contribution < 1.29 is 25.9 Å². The quantitative estimate of drug-likeness (QED) is 0.127. The van der Waals surface area contributed by atoms with Crippen molar-refractivity contribution in [1.82, 2.24) is 9.97 Å². The van der Waals surface area contributed by atoms with Crippen LogP contribution in [0.15, 0.2) is 103 Å². The van der Waals surface area contributed by atoms with Crippen LogP contribution < -0.4 is 5.19 Å². The maximum absolute atomic E-state index is 14.2. The number of hydrogen-bond donors (Lipinski definition) is 0. The molecule has 7 rings (SSSR count). The molecule has 0 saturated heterocycles. The molecule has 3 aromatic heterocycles. The Morgan fingerprint density at radius 1 is 0.792 bits per heavy atom. The van der Waals surface area contributed by atoms with E-state index in [2.05, 4.69) is 117 Å². The fourth-order valence-electron chi connectivity index (χ4n) is 6.26. The zero-order valence-corrected chi connectivity index (χ0v) is 32.5. The molecule has 0 N–H and O–H groups in total. The van der Waals surface area contributed by atoms with Gasteiger partial charge in [0.2, 0.25) is 0 Å². The minimum absolute atomic E-state index is 0. The monoisotopic (exact) mass is 844 g/mol. The van der Waals surface area contributed by atoms with Crippen LogP contribution in [0.5, 0.6) is 0 Å². The molecular weight excluding hydrogens is 804 g/mol. The Morgan fingerprint density at radius 2 is 1.54 bits per heavy atom. The third kappa shape index (κ3) is 7.28. The van der Waals surface area contributed by atoms with E-state index in [0.29, 0.717) is 11.3 Å². The van der Waals surface area contributed by atoms with E-state index in [1.165, 1.54) is 50.0 Å². The molecule has 0 amide bonds. The summed E-state index contributed by atoms with van der Waals surface area (Å²) in [4.78, 5) is 9.05. The minimum Gasteiger partial charge on any atom is -0.305 e. The first-order valence-electron chi connectivity index (χ1n) is 16.4. The summed E-state index contributed by atoms with van der Waals surface area (Å²) in [7, 11) is -1.27. The first kappa shape index (κ1) is 34.1. The van der Waals surface area contributed by atoms with Crippen LogP contribution in [-0.2, 0) is 20.1 Å². The Labute approximate surface area is 303 Å². The Bertz CT molecular complexity index is 2240. The van der Waals surface area contributed by atoms with Crippen LogP contribution in [0, 0.1) is 32.9 Å². The summed E-state index contributed by atoms with van der Waals surface area (Å²) in [6.45, 7) is 14.8. The fraction of sp³-hybridized carbons (Fsp3) is 0.190. The number of halogens is 1. The molecule has 2 nitrogen and oxygen atoms in total. The molecule has 0 saturated carbocycles. The van der Waals surface area contributed by atoms with E-state index in [9.17, 15) is 4.39 Å². The smallest absolute Gasteiger partial charge is 0.122 e. The van der Waals surface area contributed by atoms with Crippen LogP contribution in [0.4, 0.5) is 4.39 Å². The first-order valence-corrected chi connectivity index (χ1v) is 20.2. The predicted molar refractivity (Wildman–Crippen MR) is 202 cm³/mol. The number of benzene rings is 4. The Morgan fingerprint density at radius 3 is 2.21 bits per heavy atom. The number of nitrogens with zero attached hydrogens (tertiary/aromatic N) is 2. The van der Waals surface area contributed by atoms with Gasteiger partial charge in [0.25, 0.3) is 0 Å². The van der Waals surface area contributed by atoms with Crippen molar-refractivity contribution >= 4 is 44.8 Å². The van der Waals surface area contributed by atoms with E-state index in [-0.39, 0.29) is 20.1 Å². The van der Waals surface area contributed by atoms with Crippen molar-refractivity contribution in [2.24, 2.45) is 0 Å². The molecule has 0 aliphatic carbocycles. The third-order valence-corrected chi connectivity index (χ3v) is 12.0. The van der Waals surface area contributed by atoms with E-state index < -0.39 is 14.2 Å². The summed E-state index contributed by atoms with van der Waals surface area (Å²) < 4.78 is 24.3. The van der Waals surface area contributed by atoms with Gasteiger partial charge in [0.15, 0.2) is 0 Å². The Balaban J connectivity index is 0.000000221. The van der Waals surface area contributed by atoms with Crippen LogP contribution >= 0.6 is 11.3 Å². The van der Waals surface area contributed by atoms with Gasteiger partial charge in [0.1, 0.15) is 6.15 Å². The Hall–Kier alpha value is -3.80.